The minimum absolute atomic E-state index is 0.00829. The number of piperazine rings is 1. The Labute approximate surface area is 131 Å². The summed E-state index contributed by atoms with van der Waals surface area (Å²) in [6.07, 6.45) is 0.995. The molecule has 0 bridgehead atoms. The summed E-state index contributed by atoms with van der Waals surface area (Å²) in [5.74, 6) is 0.778. The van der Waals surface area contributed by atoms with Crippen LogP contribution in [0.4, 0.5) is 0 Å². The molecule has 0 saturated carbocycles. The molecule has 1 aliphatic heterocycles. The zero-order chi connectivity index (χ0) is 16.1. The fourth-order valence-electron chi connectivity index (χ4n) is 2.56. The van der Waals surface area contributed by atoms with Gasteiger partial charge in [-0.3, -0.25) is 9.59 Å². The van der Waals surface area contributed by atoms with Gasteiger partial charge in [0.05, 0.1) is 0 Å². The largest absolute Gasteiger partial charge is 0.480 e. The Kier molecular flexibility index (Phi) is 5.41. The molecule has 1 fully saturated rings. The van der Waals surface area contributed by atoms with Crippen molar-refractivity contribution in [1.82, 2.24) is 9.80 Å². The molecular formula is C17H24N2O3. The minimum atomic E-state index is -0.469. The topological polar surface area (TPSA) is 49.9 Å². The van der Waals surface area contributed by atoms with Crippen LogP contribution in [0.15, 0.2) is 18.2 Å². The van der Waals surface area contributed by atoms with Gasteiger partial charge in [0, 0.05) is 26.2 Å². The van der Waals surface area contributed by atoms with Crippen LogP contribution >= 0.6 is 0 Å². The van der Waals surface area contributed by atoms with Crippen molar-refractivity contribution in [3.05, 3.63) is 29.3 Å². The molecule has 5 nitrogen and oxygen atoms in total. The number of carbonyl (C=O) groups is 2. The zero-order valence-electron chi connectivity index (χ0n) is 13.5. The van der Waals surface area contributed by atoms with Crippen molar-refractivity contribution in [1.29, 1.82) is 0 Å². The van der Waals surface area contributed by atoms with E-state index in [9.17, 15) is 9.59 Å². The number of rotatable bonds is 5. The lowest BCUT2D eigenvalue weighted by molar-refractivity contribution is -0.142. The SMILES string of the molecule is CC[C@H](Oc1cccc(C)c1C)C(=O)N1CCN(C=O)CC1. The van der Waals surface area contributed by atoms with Crippen molar-refractivity contribution in [2.75, 3.05) is 26.2 Å². The van der Waals surface area contributed by atoms with E-state index >= 15 is 0 Å². The molecule has 0 N–H and O–H groups in total. The van der Waals surface area contributed by atoms with Gasteiger partial charge in [0.15, 0.2) is 6.10 Å². The summed E-state index contributed by atoms with van der Waals surface area (Å²) in [6, 6.07) is 5.88. The highest BCUT2D eigenvalue weighted by Gasteiger charge is 2.27. The lowest BCUT2D eigenvalue weighted by Gasteiger charge is -2.34. The Bertz CT molecular complexity index is 537. The summed E-state index contributed by atoms with van der Waals surface area (Å²) in [7, 11) is 0. The average Bonchev–Trinajstić information content (AvgIpc) is 2.55. The van der Waals surface area contributed by atoms with E-state index in [4.69, 9.17) is 4.74 Å². The maximum absolute atomic E-state index is 12.6. The summed E-state index contributed by atoms with van der Waals surface area (Å²) >= 11 is 0. The van der Waals surface area contributed by atoms with Crippen molar-refractivity contribution in [2.45, 2.75) is 33.3 Å². The van der Waals surface area contributed by atoms with Crippen molar-refractivity contribution < 1.29 is 14.3 Å². The van der Waals surface area contributed by atoms with Crippen LogP contribution in [0.25, 0.3) is 0 Å². The Morgan fingerprint density at radius 2 is 1.95 bits per heavy atom. The number of hydrogen-bond donors (Lipinski definition) is 0. The van der Waals surface area contributed by atoms with Crippen molar-refractivity contribution in [3.8, 4) is 5.75 Å². The maximum atomic E-state index is 12.6. The first-order chi connectivity index (χ1) is 10.6. The zero-order valence-corrected chi connectivity index (χ0v) is 13.5. The molecule has 1 aromatic carbocycles. The van der Waals surface area contributed by atoms with Crippen LogP contribution in [0.2, 0.25) is 0 Å². The van der Waals surface area contributed by atoms with Crippen LogP contribution in [0.3, 0.4) is 0 Å². The highest BCUT2D eigenvalue weighted by Crippen LogP contribution is 2.23. The van der Waals surface area contributed by atoms with Crippen LogP contribution in [-0.4, -0.2) is 54.4 Å². The second-order valence-corrected chi connectivity index (χ2v) is 5.68. The van der Waals surface area contributed by atoms with Gasteiger partial charge in [0.25, 0.3) is 5.91 Å². The Morgan fingerprint density at radius 1 is 1.27 bits per heavy atom. The second kappa shape index (κ2) is 7.29. The first-order valence-electron chi connectivity index (χ1n) is 7.77. The molecule has 2 amide bonds. The van der Waals surface area contributed by atoms with E-state index in [1.54, 1.807) is 9.80 Å². The Hall–Kier alpha value is -2.04. The van der Waals surface area contributed by atoms with Crippen molar-refractivity contribution >= 4 is 12.3 Å². The van der Waals surface area contributed by atoms with E-state index in [2.05, 4.69) is 0 Å². The third-order valence-corrected chi connectivity index (χ3v) is 4.25. The molecular weight excluding hydrogens is 280 g/mol. The molecule has 1 heterocycles. The van der Waals surface area contributed by atoms with Crippen LogP contribution in [0.5, 0.6) is 5.75 Å². The fourth-order valence-corrected chi connectivity index (χ4v) is 2.56. The summed E-state index contributed by atoms with van der Waals surface area (Å²) < 4.78 is 5.97. The smallest absolute Gasteiger partial charge is 0.263 e. The van der Waals surface area contributed by atoms with Crippen LogP contribution in [-0.2, 0) is 9.59 Å². The summed E-state index contributed by atoms with van der Waals surface area (Å²) in [6.45, 7) is 8.32. The molecule has 0 radical (unpaired) electrons. The second-order valence-electron chi connectivity index (χ2n) is 5.68. The van der Waals surface area contributed by atoms with Gasteiger partial charge in [0.2, 0.25) is 6.41 Å². The van der Waals surface area contributed by atoms with Crippen LogP contribution in [0.1, 0.15) is 24.5 Å². The lowest BCUT2D eigenvalue weighted by Crippen LogP contribution is -2.51. The molecule has 1 atom stereocenters. The van der Waals surface area contributed by atoms with Gasteiger partial charge in [-0.15, -0.1) is 0 Å². The quantitative estimate of drug-likeness (QED) is 0.779. The van der Waals surface area contributed by atoms with Gasteiger partial charge in [-0.25, -0.2) is 0 Å². The number of hydrogen-bond acceptors (Lipinski definition) is 3. The number of benzene rings is 1. The third-order valence-electron chi connectivity index (χ3n) is 4.25. The standard InChI is InChI=1S/C17H24N2O3/c1-4-15(22-16-7-5-6-13(2)14(16)3)17(21)19-10-8-18(12-20)9-11-19/h5-7,12,15H,4,8-11H2,1-3H3/t15-/m0/s1. The molecule has 2 rings (SSSR count). The molecule has 5 heteroatoms. The Morgan fingerprint density at radius 3 is 2.55 bits per heavy atom. The predicted molar refractivity (Wildman–Crippen MR) is 84.8 cm³/mol. The number of carbonyl (C=O) groups excluding carboxylic acids is 2. The van der Waals surface area contributed by atoms with E-state index in [0.29, 0.717) is 32.6 Å². The maximum Gasteiger partial charge on any atom is 0.263 e. The van der Waals surface area contributed by atoms with Crippen LogP contribution in [0, 0.1) is 13.8 Å². The highest BCUT2D eigenvalue weighted by atomic mass is 16.5. The highest BCUT2D eigenvalue weighted by molar-refractivity contribution is 5.81. The fraction of sp³-hybridized carbons (Fsp3) is 0.529. The summed E-state index contributed by atoms with van der Waals surface area (Å²) in [5, 5.41) is 0. The summed E-state index contributed by atoms with van der Waals surface area (Å²) in [4.78, 5) is 26.8. The van der Waals surface area contributed by atoms with Gasteiger partial charge in [0.1, 0.15) is 5.75 Å². The molecule has 0 aliphatic carbocycles. The first-order valence-corrected chi connectivity index (χ1v) is 7.77. The van der Waals surface area contributed by atoms with Gasteiger partial charge in [-0.05, 0) is 37.5 Å². The van der Waals surface area contributed by atoms with Crippen molar-refractivity contribution in [3.63, 3.8) is 0 Å². The number of amides is 2. The summed E-state index contributed by atoms with van der Waals surface area (Å²) in [5.41, 5.74) is 2.22. The molecule has 22 heavy (non-hydrogen) atoms. The van der Waals surface area contributed by atoms with E-state index in [-0.39, 0.29) is 5.91 Å². The van der Waals surface area contributed by atoms with E-state index < -0.39 is 6.10 Å². The molecule has 0 spiro atoms. The van der Waals surface area contributed by atoms with Gasteiger partial charge >= 0.3 is 0 Å². The molecule has 1 aromatic rings. The minimum Gasteiger partial charge on any atom is -0.480 e. The normalized spacial score (nSPS) is 16.3. The monoisotopic (exact) mass is 304 g/mol. The molecule has 120 valence electrons. The lowest BCUT2D eigenvalue weighted by atomic mass is 10.1. The average molecular weight is 304 g/mol. The van der Waals surface area contributed by atoms with Crippen molar-refractivity contribution in [2.24, 2.45) is 0 Å². The molecule has 1 saturated heterocycles. The Balaban J connectivity index is 2.03. The molecule has 0 unspecified atom stereocenters. The van der Waals surface area contributed by atoms with E-state index in [1.807, 2.05) is 39.0 Å². The van der Waals surface area contributed by atoms with Gasteiger partial charge in [-0.1, -0.05) is 19.1 Å². The molecule has 1 aliphatic rings. The van der Waals surface area contributed by atoms with E-state index in [1.165, 1.54) is 0 Å². The van der Waals surface area contributed by atoms with Gasteiger partial charge < -0.3 is 14.5 Å². The predicted octanol–water partition coefficient (Wildman–Crippen LogP) is 1.76. The van der Waals surface area contributed by atoms with Gasteiger partial charge in [-0.2, -0.15) is 0 Å². The van der Waals surface area contributed by atoms with Crippen LogP contribution < -0.4 is 4.74 Å². The molecule has 0 aromatic heterocycles. The third kappa shape index (κ3) is 3.59. The number of ether oxygens (including phenoxy) is 1. The first kappa shape index (κ1) is 16.3. The van der Waals surface area contributed by atoms with E-state index in [0.717, 1.165) is 23.3 Å². The number of nitrogens with zero attached hydrogens (tertiary/aromatic N) is 2. The number of aryl methyl sites for hydroxylation is 1.